The summed E-state index contributed by atoms with van der Waals surface area (Å²) in [5.41, 5.74) is 0.0867. The molecule has 0 spiro atoms. The van der Waals surface area contributed by atoms with E-state index in [1.807, 2.05) is 0 Å². The third-order valence-corrected chi connectivity index (χ3v) is 7.00. The Kier molecular flexibility index (Phi) is 3.08. The van der Waals surface area contributed by atoms with E-state index in [-0.39, 0.29) is 22.7 Å². The lowest BCUT2D eigenvalue weighted by atomic mass is 9.82. The number of hydrogen-bond acceptors (Lipinski definition) is 4. The van der Waals surface area contributed by atoms with Crippen LogP contribution in [0.1, 0.15) is 23.2 Å². The highest BCUT2D eigenvalue weighted by Gasteiger charge is 2.54. The quantitative estimate of drug-likeness (QED) is 0.903. The molecule has 1 N–H and O–H groups in total. The van der Waals surface area contributed by atoms with Crippen LogP contribution >= 0.6 is 0 Å². The van der Waals surface area contributed by atoms with Crippen molar-refractivity contribution < 1.29 is 23.1 Å². The van der Waals surface area contributed by atoms with Crippen LogP contribution in [0.15, 0.2) is 29.2 Å². The number of fused-ring (bicyclic) bond motifs is 5. The number of benzene rings is 1. The Morgan fingerprint density at radius 3 is 2.14 bits per heavy atom. The van der Waals surface area contributed by atoms with Gasteiger partial charge in [-0.1, -0.05) is 0 Å². The van der Waals surface area contributed by atoms with Gasteiger partial charge in [0.25, 0.3) is 0 Å². The molecular formula is C15H17NO5S. The first-order chi connectivity index (χ1) is 10.5. The number of carboxylic acids is 1. The Labute approximate surface area is 128 Å². The van der Waals surface area contributed by atoms with E-state index in [0.29, 0.717) is 24.9 Å². The van der Waals surface area contributed by atoms with Crippen LogP contribution in [0.4, 0.5) is 0 Å². The lowest BCUT2D eigenvalue weighted by Crippen LogP contribution is -2.31. The van der Waals surface area contributed by atoms with Gasteiger partial charge in [-0.15, -0.1) is 0 Å². The SMILES string of the molecule is O=C(O)c1ccc(S(=O)(=O)N2C[C@@H]3[C@@H](C2)[C@H]2CC[C@H]3O2)cc1. The Hall–Kier alpha value is -1.44. The zero-order chi connectivity index (χ0) is 15.5. The van der Waals surface area contributed by atoms with Gasteiger partial charge in [-0.2, -0.15) is 4.31 Å². The summed E-state index contributed by atoms with van der Waals surface area (Å²) < 4.78 is 32.8. The molecule has 0 amide bonds. The number of hydrogen-bond donors (Lipinski definition) is 1. The molecule has 4 rings (SSSR count). The van der Waals surface area contributed by atoms with Gasteiger partial charge in [0, 0.05) is 24.9 Å². The van der Waals surface area contributed by atoms with Crippen LogP contribution in [-0.4, -0.2) is 49.1 Å². The molecule has 4 atom stereocenters. The first-order valence-electron chi connectivity index (χ1n) is 7.46. The van der Waals surface area contributed by atoms with Crippen molar-refractivity contribution in [2.24, 2.45) is 11.8 Å². The van der Waals surface area contributed by atoms with Gasteiger partial charge in [0.2, 0.25) is 10.0 Å². The second kappa shape index (κ2) is 4.78. The Morgan fingerprint density at radius 2 is 1.64 bits per heavy atom. The zero-order valence-corrected chi connectivity index (χ0v) is 12.7. The highest BCUT2D eigenvalue weighted by atomic mass is 32.2. The Balaban J connectivity index is 1.58. The highest BCUT2D eigenvalue weighted by molar-refractivity contribution is 7.89. The summed E-state index contributed by atoms with van der Waals surface area (Å²) in [6.45, 7) is 1.02. The fourth-order valence-electron chi connectivity index (χ4n) is 4.04. The molecular weight excluding hydrogens is 306 g/mol. The number of ether oxygens (including phenoxy) is 1. The molecule has 0 aliphatic carbocycles. The van der Waals surface area contributed by atoms with Crippen molar-refractivity contribution in [2.45, 2.75) is 29.9 Å². The van der Waals surface area contributed by atoms with Crippen LogP contribution in [0.5, 0.6) is 0 Å². The van der Waals surface area contributed by atoms with E-state index in [2.05, 4.69) is 0 Å². The van der Waals surface area contributed by atoms with Crippen molar-refractivity contribution in [2.75, 3.05) is 13.1 Å². The summed E-state index contributed by atoms with van der Waals surface area (Å²) >= 11 is 0. The molecule has 6 nitrogen and oxygen atoms in total. The van der Waals surface area contributed by atoms with Gasteiger partial charge in [0.1, 0.15) is 0 Å². The molecule has 118 valence electrons. The van der Waals surface area contributed by atoms with Crippen LogP contribution in [0, 0.1) is 11.8 Å². The second-order valence-corrected chi connectivity index (χ2v) is 8.21. The molecule has 0 saturated carbocycles. The van der Waals surface area contributed by atoms with Crippen molar-refractivity contribution in [3.63, 3.8) is 0 Å². The van der Waals surface area contributed by atoms with Gasteiger partial charge in [0.05, 0.1) is 22.7 Å². The minimum Gasteiger partial charge on any atom is -0.478 e. The van der Waals surface area contributed by atoms with E-state index in [9.17, 15) is 13.2 Å². The number of carbonyl (C=O) groups is 1. The van der Waals surface area contributed by atoms with Crippen molar-refractivity contribution in [1.82, 2.24) is 4.31 Å². The van der Waals surface area contributed by atoms with Crippen molar-refractivity contribution in [3.05, 3.63) is 29.8 Å². The smallest absolute Gasteiger partial charge is 0.335 e. The molecule has 0 aromatic heterocycles. The van der Waals surface area contributed by atoms with Gasteiger partial charge < -0.3 is 9.84 Å². The molecule has 22 heavy (non-hydrogen) atoms. The summed E-state index contributed by atoms with van der Waals surface area (Å²) in [5.74, 6) is -0.438. The van der Waals surface area contributed by atoms with Gasteiger partial charge in [-0.05, 0) is 37.1 Å². The predicted octanol–water partition coefficient (Wildman–Crippen LogP) is 1.18. The largest absolute Gasteiger partial charge is 0.478 e. The fraction of sp³-hybridized carbons (Fsp3) is 0.533. The van der Waals surface area contributed by atoms with Crippen LogP contribution in [0.25, 0.3) is 0 Å². The van der Waals surface area contributed by atoms with E-state index in [4.69, 9.17) is 9.84 Å². The average molecular weight is 323 g/mol. The molecule has 0 unspecified atom stereocenters. The summed E-state index contributed by atoms with van der Waals surface area (Å²) in [7, 11) is -3.56. The van der Waals surface area contributed by atoms with Crippen LogP contribution in [-0.2, 0) is 14.8 Å². The van der Waals surface area contributed by atoms with Crippen LogP contribution < -0.4 is 0 Å². The molecule has 3 aliphatic rings. The monoisotopic (exact) mass is 323 g/mol. The standard InChI is InChI=1S/C15H17NO5S/c17-15(18)9-1-3-10(4-2-9)22(19,20)16-7-11-12(8-16)14-6-5-13(11)21-14/h1-4,11-14H,5-8H2,(H,17,18)/t11-,12-,13-,14-/m1/s1. The maximum atomic E-state index is 12.7. The number of nitrogens with zero attached hydrogens (tertiary/aromatic N) is 1. The molecule has 1 aromatic carbocycles. The highest BCUT2D eigenvalue weighted by Crippen LogP contribution is 2.48. The zero-order valence-electron chi connectivity index (χ0n) is 11.9. The summed E-state index contributed by atoms with van der Waals surface area (Å²) in [6, 6.07) is 5.41. The third kappa shape index (κ3) is 2.00. The summed E-state index contributed by atoms with van der Waals surface area (Å²) in [4.78, 5) is 11.0. The first kappa shape index (κ1) is 14.2. The molecule has 0 radical (unpaired) electrons. The van der Waals surface area contributed by atoms with Crippen molar-refractivity contribution >= 4 is 16.0 Å². The van der Waals surface area contributed by atoms with E-state index in [0.717, 1.165) is 12.8 Å². The van der Waals surface area contributed by atoms with Crippen molar-refractivity contribution in [1.29, 1.82) is 0 Å². The molecule has 3 aliphatic heterocycles. The van der Waals surface area contributed by atoms with Crippen LogP contribution in [0.2, 0.25) is 0 Å². The molecule has 1 aromatic rings. The maximum Gasteiger partial charge on any atom is 0.335 e. The normalized spacial score (nSPS) is 34.0. The lowest BCUT2D eigenvalue weighted by Gasteiger charge is -2.18. The minimum atomic E-state index is -3.56. The maximum absolute atomic E-state index is 12.7. The molecule has 3 fully saturated rings. The lowest BCUT2D eigenvalue weighted by molar-refractivity contribution is 0.0696. The predicted molar refractivity (Wildman–Crippen MR) is 77.0 cm³/mol. The summed E-state index contributed by atoms with van der Waals surface area (Å²) in [5, 5.41) is 8.89. The van der Waals surface area contributed by atoms with Gasteiger partial charge in [-0.3, -0.25) is 0 Å². The number of aromatic carboxylic acids is 1. The Bertz CT molecular complexity index is 696. The van der Waals surface area contributed by atoms with Gasteiger partial charge in [-0.25, -0.2) is 13.2 Å². The number of carboxylic acid groups (broad SMARTS) is 1. The molecule has 3 saturated heterocycles. The van der Waals surface area contributed by atoms with Crippen LogP contribution in [0.3, 0.4) is 0 Å². The average Bonchev–Trinajstić information content (AvgIpc) is 3.19. The summed E-state index contributed by atoms with van der Waals surface area (Å²) in [6.07, 6.45) is 2.49. The van der Waals surface area contributed by atoms with E-state index in [1.54, 1.807) is 0 Å². The molecule has 2 bridgehead atoms. The topological polar surface area (TPSA) is 83.9 Å². The van der Waals surface area contributed by atoms with E-state index >= 15 is 0 Å². The van der Waals surface area contributed by atoms with E-state index in [1.165, 1.54) is 28.6 Å². The Morgan fingerprint density at radius 1 is 1.09 bits per heavy atom. The minimum absolute atomic E-state index is 0.0867. The number of sulfonamides is 1. The third-order valence-electron chi connectivity index (χ3n) is 5.16. The molecule has 7 heteroatoms. The van der Waals surface area contributed by atoms with Crippen molar-refractivity contribution in [3.8, 4) is 0 Å². The van der Waals surface area contributed by atoms with E-state index < -0.39 is 16.0 Å². The van der Waals surface area contributed by atoms with Gasteiger partial charge in [0.15, 0.2) is 0 Å². The van der Waals surface area contributed by atoms with Gasteiger partial charge >= 0.3 is 5.97 Å². The fourth-order valence-corrected chi connectivity index (χ4v) is 5.55. The number of rotatable bonds is 3. The molecule has 3 heterocycles. The second-order valence-electron chi connectivity index (χ2n) is 6.27. The first-order valence-corrected chi connectivity index (χ1v) is 8.90.